The third-order valence-electron chi connectivity index (χ3n) is 2.76. The molecule has 0 radical (unpaired) electrons. The van der Waals surface area contributed by atoms with Crippen molar-refractivity contribution in [1.82, 2.24) is 9.78 Å². The Kier molecular flexibility index (Phi) is 2.58. The molecule has 1 aromatic heterocycles. The van der Waals surface area contributed by atoms with Gasteiger partial charge in [0.15, 0.2) is 0 Å². The van der Waals surface area contributed by atoms with Gasteiger partial charge in [0.1, 0.15) is 0 Å². The smallest absolute Gasteiger partial charge is 0.0923 e. The van der Waals surface area contributed by atoms with Crippen LogP contribution in [0.5, 0.6) is 0 Å². The van der Waals surface area contributed by atoms with Gasteiger partial charge >= 0.3 is 0 Å². The monoisotopic (exact) mass is 214 g/mol. The summed E-state index contributed by atoms with van der Waals surface area (Å²) in [5, 5.41) is 4.39. The molecule has 0 bridgehead atoms. The summed E-state index contributed by atoms with van der Waals surface area (Å²) in [7, 11) is 1.94. The topological polar surface area (TPSA) is 17.8 Å². The van der Waals surface area contributed by atoms with Crippen molar-refractivity contribution >= 4 is 0 Å². The molecule has 1 heterocycles. The molecular formula is C14H18N2. The molecule has 2 heteroatoms. The van der Waals surface area contributed by atoms with Crippen LogP contribution in [0.2, 0.25) is 0 Å². The zero-order valence-corrected chi connectivity index (χ0v) is 10.4. The van der Waals surface area contributed by atoms with Gasteiger partial charge in [0, 0.05) is 18.8 Å². The highest BCUT2D eigenvalue weighted by molar-refractivity contribution is 5.59. The van der Waals surface area contributed by atoms with E-state index in [1.165, 1.54) is 11.1 Å². The van der Waals surface area contributed by atoms with Gasteiger partial charge in [-0.2, -0.15) is 5.10 Å². The van der Waals surface area contributed by atoms with E-state index in [0.717, 1.165) is 5.69 Å². The minimum atomic E-state index is 0.211. The summed E-state index contributed by atoms with van der Waals surface area (Å²) in [6.45, 7) is 6.67. The summed E-state index contributed by atoms with van der Waals surface area (Å²) in [6, 6.07) is 10.7. The maximum Gasteiger partial charge on any atom is 0.0923 e. The molecule has 2 aromatic rings. The van der Waals surface area contributed by atoms with E-state index >= 15 is 0 Å². The van der Waals surface area contributed by atoms with Crippen LogP contribution in [0.15, 0.2) is 36.5 Å². The van der Waals surface area contributed by atoms with E-state index in [-0.39, 0.29) is 5.41 Å². The van der Waals surface area contributed by atoms with Crippen LogP contribution in [0.4, 0.5) is 0 Å². The van der Waals surface area contributed by atoms with Crippen molar-refractivity contribution in [3.05, 3.63) is 42.1 Å². The lowest BCUT2D eigenvalue weighted by molar-refractivity contribution is 0.590. The molecule has 0 atom stereocenters. The van der Waals surface area contributed by atoms with E-state index < -0.39 is 0 Å². The Hall–Kier alpha value is -1.57. The highest BCUT2D eigenvalue weighted by atomic mass is 15.2. The van der Waals surface area contributed by atoms with Gasteiger partial charge in [0.25, 0.3) is 0 Å². The Morgan fingerprint density at radius 3 is 2.06 bits per heavy atom. The van der Waals surface area contributed by atoms with Gasteiger partial charge in [-0.05, 0) is 17.0 Å². The maximum absolute atomic E-state index is 4.39. The Morgan fingerprint density at radius 2 is 1.62 bits per heavy atom. The van der Waals surface area contributed by atoms with Gasteiger partial charge in [-0.3, -0.25) is 4.68 Å². The quantitative estimate of drug-likeness (QED) is 0.711. The summed E-state index contributed by atoms with van der Waals surface area (Å²) in [5.74, 6) is 0. The molecule has 2 rings (SSSR count). The number of nitrogens with zero attached hydrogens (tertiary/aromatic N) is 2. The van der Waals surface area contributed by atoms with E-state index in [9.17, 15) is 0 Å². The lowest BCUT2D eigenvalue weighted by Gasteiger charge is -2.18. The van der Waals surface area contributed by atoms with E-state index in [1.54, 1.807) is 0 Å². The van der Waals surface area contributed by atoms with Crippen molar-refractivity contribution < 1.29 is 0 Å². The van der Waals surface area contributed by atoms with Crippen molar-refractivity contribution in [1.29, 1.82) is 0 Å². The molecule has 0 fully saturated rings. The van der Waals surface area contributed by atoms with Gasteiger partial charge in [-0.1, -0.05) is 45.0 Å². The molecule has 0 aliphatic heterocycles. The van der Waals surface area contributed by atoms with E-state index in [0.29, 0.717) is 0 Å². The van der Waals surface area contributed by atoms with Crippen molar-refractivity contribution in [2.45, 2.75) is 26.2 Å². The van der Waals surface area contributed by atoms with Crippen LogP contribution in [0.25, 0.3) is 11.3 Å². The zero-order chi connectivity index (χ0) is 11.8. The van der Waals surface area contributed by atoms with Crippen LogP contribution >= 0.6 is 0 Å². The van der Waals surface area contributed by atoms with Crippen LogP contribution in [-0.4, -0.2) is 9.78 Å². The lowest BCUT2D eigenvalue weighted by Crippen LogP contribution is -2.10. The van der Waals surface area contributed by atoms with Gasteiger partial charge in [0.2, 0.25) is 0 Å². The van der Waals surface area contributed by atoms with E-state index in [2.05, 4.69) is 50.1 Å². The van der Waals surface area contributed by atoms with Crippen LogP contribution in [-0.2, 0) is 12.5 Å². The third kappa shape index (κ3) is 2.16. The Bertz CT molecular complexity index is 472. The number of aromatic nitrogens is 2. The number of aryl methyl sites for hydroxylation is 1. The minimum Gasteiger partial charge on any atom is -0.275 e. The molecular weight excluding hydrogens is 196 g/mol. The Morgan fingerprint density at radius 1 is 1.00 bits per heavy atom. The first-order valence-corrected chi connectivity index (χ1v) is 5.57. The second-order valence-electron chi connectivity index (χ2n) is 5.20. The van der Waals surface area contributed by atoms with Crippen LogP contribution in [0.1, 0.15) is 26.3 Å². The molecule has 0 saturated heterocycles. The molecule has 0 unspecified atom stereocenters. The van der Waals surface area contributed by atoms with Crippen LogP contribution < -0.4 is 0 Å². The Labute approximate surface area is 96.9 Å². The summed E-state index contributed by atoms with van der Waals surface area (Å²) in [5.41, 5.74) is 3.77. The van der Waals surface area contributed by atoms with E-state index in [1.807, 2.05) is 24.0 Å². The largest absolute Gasteiger partial charge is 0.275 e. The van der Waals surface area contributed by atoms with Gasteiger partial charge in [-0.15, -0.1) is 0 Å². The van der Waals surface area contributed by atoms with Crippen LogP contribution in [0.3, 0.4) is 0 Å². The highest BCUT2D eigenvalue weighted by Gasteiger charge is 2.13. The van der Waals surface area contributed by atoms with Crippen LogP contribution in [0, 0.1) is 0 Å². The fourth-order valence-corrected chi connectivity index (χ4v) is 1.71. The first-order valence-electron chi connectivity index (χ1n) is 5.57. The number of rotatable bonds is 1. The van der Waals surface area contributed by atoms with Gasteiger partial charge < -0.3 is 0 Å². The fourth-order valence-electron chi connectivity index (χ4n) is 1.71. The molecule has 2 nitrogen and oxygen atoms in total. The van der Waals surface area contributed by atoms with Crippen molar-refractivity contribution in [2.75, 3.05) is 0 Å². The molecule has 0 N–H and O–H groups in total. The van der Waals surface area contributed by atoms with Crippen molar-refractivity contribution in [2.24, 2.45) is 7.05 Å². The molecule has 0 spiro atoms. The SMILES string of the molecule is Cn1ccc(-c2ccc(C(C)(C)C)cc2)n1. The number of hydrogen-bond acceptors (Lipinski definition) is 1. The molecule has 1 aromatic carbocycles. The molecule has 0 saturated carbocycles. The predicted octanol–water partition coefficient (Wildman–Crippen LogP) is 3.38. The second kappa shape index (κ2) is 3.78. The average Bonchev–Trinajstić information content (AvgIpc) is 2.64. The molecule has 84 valence electrons. The zero-order valence-electron chi connectivity index (χ0n) is 10.4. The summed E-state index contributed by atoms with van der Waals surface area (Å²) >= 11 is 0. The summed E-state index contributed by atoms with van der Waals surface area (Å²) in [6.07, 6.45) is 1.97. The maximum atomic E-state index is 4.39. The second-order valence-corrected chi connectivity index (χ2v) is 5.20. The molecule has 16 heavy (non-hydrogen) atoms. The van der Waals surface area contributed by atoms with Gasteiger partial charge in [-0.25, -0.2) is 0 Å². The number of hydrogen-bond donors (Lipinski definition) is 0. The van der Waals surface area contributed by atoms with Gasteiger partial charge in [0.05, 0.1) is 5.69 Å². The van der Waals surface area contributed by atoms with E-state index in [4.69, 9.17) is 0 Å². The number of benzene rings is 1. The third-order valence-corrected chi connectivity index (χ3v) is 2.76. The fraction of sp³-hybridized carbons (Fsp3) is 0.357. The first-order chi connectivity index (χ1) is 7.47. The molecule has 0 aliphatic rings. The summed E-state index contributed by atoms with van der Waals surface area (Å²) < 4.78 is 1.83. The average molecular weight is 214 g/mol. The molecule has 0 amide bonds. The van der Waals surface area contributed by atoms with Crippen molar-refractivity contribution in [3.8, 4) is 11.3 Å². The minimum absolute atomic E-state index is 0.211. The standard InChI is InChI=1S/C14H18N2/c1-14(2,3)12-7-5-11(6-8-12)13-9-10-16(4)15-13/h5-10H,1-4H3. The highest BCUT2D eigenvalue weighted by Crippen LogP contribution is 2.25. The Balaban J connectivity index is 2.33. The lowest BCUT2D eigenvalue weighted by atomic mass is 9.86. The predicted molar refractivity (Wildman–Crippen MR) is 67.3 cm³/mol. The first kappa shape index (κ1) is 10.9. The molecule has 0 aliphatic carbocycles. The van der Waals surface area contributed by atoms with Crippen molar-refractivity contribution in [3.63, 3.8) is 0 Å². The normalized spacial score (nSPS) is 11.8. The summed E-state index contributed by atoms with van der Waals surface area (Å²) in [4.78, 5) is 0.